The number of rotatable bonds is 11. The van der Waals surface area contributed by atoms with Gasteiger partial charge in [-0.2, -0.15) is 4.98 Å². The fourth-order valence-electron chi connectivity index (χ4n) is 4.39. The zero-order valence-electron chi connectivity index (χ0n) is 23.2. The van der Waals surface area contributed by atoms with Crippen LogP contribution < -0.4 is 28.0 Å². The van der Waals surface area contributed by atoms with Crippen LogP contribution >= 0.6 is 11.8 Å². The Bertz CT molecular complexity index is 1530. The number of aromatic amines is 1. The smallest absolute Gasteiger partial charge is 0.351 e. The number of aromatic nitrogens is 4. The fourth-order valence-corrected chi connectivity index (χ4v) is 5.38. The molecule has 2 aromatic rings. The van der Waals surface area contributed by atoms with Crippen molar-refractivity contribution in [1.29, 1.82) is 0 Å². The standard InChI is InChI=1S/C25H31FN6O10S/c1-12-8-32(25(38)30-22(12)35)18-7-14(26)16(41-18)9-39-20(34)4-3-15(28-13(2)33)23(36)40-10-21-42-19(11-43-21)31-6-5-17(27)29-24(31)37/h5-6,8,14-16,18-19,21H,3-4,7,9-11H2,1-2H3,(H,28,33)(H2,27,29,37)(H,30,35,38)/t14-,15-,16+,18+,19-,21+/m0/s1. The highest BCUT2D eigenvalue weighted by atomic mass is 32.2. The summed E-state index contributed by atoms with van der Waals surface area (Å²) < 4.78 is 38.6. The van der Waals surface area contributed by atoms with Gasteiger partial charge in [0.05, 0.1) is 0 Å². The first kappa shape index (κ1) is 31.9. The molecule has 0 saturated carbocycles. The highest BCUT2D eigenvalue weighted by Gasteiger charge is 2.38. The lowest BCUT2D eigenvalue weighted by Gasteiger charge is -2.19. The summed E-state index contributed by atoms with van der Waals surface area (Å²) in [7, 11) is 0. The largest absolute Gasteiger partial charge is 0.463 e. The monoisotopic (exact) mass is 626 g/mol. The summed E-state index contributed by atoms with van der Waals surface area (Å²) in [4.78, 5) is 78.2. The molecule has 0 unspecified atom stereocenters. The van der Waals surface area contributed by atoms with Crippen LogP contribution in [-0.4, -0.2) is 79.7 Å². The Hall–Kier alpha value is -4.03. The Balaban J connectivity index is 1.23. The van der Waals surface area contributed by atoms with E-state index in [0.29, 0.717) is 5.75 Å². The molecule has 2 saturated heterocycles. The van der Waals surface area contributed by atoms with Gasteiger partial charge >= 0.3 is 23.3 Å². The summed E-state index contributed by atoms with van der Waals surface area (Å²) in [5.74, 6) is -1.65. The van der Waals surface area contributed by atoms with Gasteiger partial charge in [0.1, 0.15) is 55.2 Å². The molecule has 2 aromatic heterocycles. The highest BCUT2D eigenvalue weighted by molar-refractivity contribution is 8.00. The van der Waals surface area contributed by atoms with E-state index in [1.807, 2.05) is 0 Å². The number of nitrogens with zero attached hydrogens (tertiary/aromatic N) is 3. The van der Waals surface area contributed by atoms with Gasteiger partial charge in [0, 0.05) is 43.5 Å². The van der Waals surface area contributed by atoms with Gasteiger partial charge in [-0.25, -0.2) is 18.8 Å². The number of H-pyrrole nitrogens is 1. The summed E-state index contributed by atoms with van der Waals surface area (Å²) in [6, 6.07) is 0.282. The number of nitrogens with two attached hydrogens (primary N) is 1. The van der Waals surface area contributed by atoms with Gasteiger partial charge in [-0.1, -0.05) is 0 Å². The van der Waals surface area contributed by atoms with E-state index in [1.54, 1.807) is 0 Å². The SMILES string of the molecule is CC(=O)N[C@@H](CCC(=O)OC[C@H]1O[C@@H](n2cc(C)c(=O)[nH]c2=O)C[C@@H]1F)C(=O)OC[C@@H]1O[C@H](n2ccc(N)nc2=O)CS1. The number of carbonyl (C=O) groups is 3. The Labute approximate surface area is 247 Å². The summed E-state index contributed by atoms with van der Waals surface area (Å²) in [6.07, 6.45) is -2.29. The average Bonchev–Trinajstić information content (AvgIpc) is 3.56. The number of hydrogen-bond acceptors (Lipinski definition) is 13. The predicted octanol–water partition coefficient (Wildman–Crippen LogP) is -0.731. The quantitative estimate of drug-likeness (QED) is 0.263. The first-order chi connectivity index (χ1) is 20.4. The van der Waals surface area contributed by atoms with Gasteiger partial charge in [0.25, 0.3) is 5.56 Å². The summed E-state index contributed by atoms with van der Waals surface area (Å²) in [6.45, 7) is 2.05. The number of ether oxygens (including phenoxy) is 4. The van der Waals surface area contributed by atoms with Crippen molar-refractivity contribution in [2.24, 2.45) is 0 Å². The number of alkyl halides is 1. The topological polar surface area (TPSA) is 216 Å². The van der Waals surface area contributed by atoms with Crippen LogP contribution in [0.25, 0.3) is 0 Å². The Kier molecular flexibility index (Phi) is 10.4. The molecule has 4 heterocycles. The van der Waals surface area contributed by atoms with E-state index in [0.717, 1.165) is 4.57 Å². The maximum atomic E-state index is 14.6. The minimum Gasteiger partial charge on any atom is -0.463 e. The van der Waals surface area contributed by atoms with Crippen LogP contribution in [0.15, 0.2) is 32.8 Å². The molecule has 16 nitrogen and oxygen atoms in total. The van der Waals surface area contributed by atoms with E-state index >= 15 is 0 Å². The van der Waals surface area contributed by atoms with E-state index in [2.05, 4.69) is 15.3 Å². The summed E-state index contributed by atoms with van der Waals surface area (Å²) in [5.41, 5.74) is 3.25. The van der Waals surface area contributed by atoms with Crippen LogP contribution in [0.4, 0.5) is 10.2 Å². The lowest BCUT2D eigenvalue weighted by Crippen LogP contribution is -2.42. The minimum atomic E-state index is -1.55. The van der Waals surface area contributed by atoms with Crippen molar-refractivity contribution in [1.82, 2.24) is 24.4 Å². The van der Waals surface area contributed by atoms with E-state index in [-0.39, 0.29) is 37.3 Å². The first-order valence-corrected chi connectivity index (χ1v) is 14.3. The maximum Gasteiger partial charge on any atom is 0.351 e. The first-order valence-electron chi connectivity index (χ1n) is 13.2. The van der Waals surface area contributed by atoms with Gasteiger partial charge in [0.2, 0.25) is 5.91 Å². The second-order valence-corrected chi connectivity index (χ2v) is 11.1. The van der Waals surface area contributed by atoms with Crippen molar-refractivity contribution in [2.45, 2.75) is 69.3 Å². The summed E-state index contributed by atoms with van der Waals surface area (Å²) >= 11 is 1.31. The molecule has 6 atom stereocenters. The van der Waals surface area contributed by atoms with Crippen molar-refractivity contribution in [3.63, 3.8) is 0 Å². The molecule has 0 spiro atoms. The highest BCUT2D eigenvalue weighted by Crippen LogP contribution is 2.31. The van der Waals surface area contributed by atoms with Crippen LogP contribution in [0.3, 0.4) is 0 Å². The van der Waals surface area contributed by atoms with Gasteiger partial charge in [0.15, 0.2) is 0 Å². The maximum absolute atomic E-state index is 14.6. The van der Waals surface area contributed by atoms with Gasteiger partial charge in [-0.3, -0.25) is 28.5 Å². The molecular formula is C25H31FN6O10S. The van der Waals surface area contributed by atoms with Gasteiger partial charge < -0.3 is 30.0 Å². The molecule has 18 heteroatoms. The van der Waals surface area contributed by atoms with E-state index in [1.165, 1.54) is 48.6 Å². The molecule has 43 heavy (non-hydrogen) atoms. The molecule has 0 bridgehead atoms. The van der Waals surface area contributed by atoms with E-state index < -0.39 is 77.6 Å². The molecule has 2 aliphatic heterocycles. The number of amides is 1. The molecule has 2 aliphatic rings. The fraction of sp³-hybridized carbons (Fsp3) is 0.560. The predicted molar refractivity (Wildman–Crippen MR) is 148 cm³/mol. The molecule has 234 valence electrons. The third-order valence-electron chi connectivity index (χ3n) is 6.58. The molecule has 2 fully saturated rings. The normalized spacial score (nSPS) is 23.9. The molecule has 1 amide bonds. The zero-order chi connectivity index (χ0) is 31.3. The lowest BCUT2D eigenvalue weighted by atomic mass is 10.1. The van der Waals surface area contributed by atoms with Crippen molar-refractivity contribution in [2.75, 3.05) is 24.7 Å². The van der Waals surface area contributed by atoms with Crippen LogP contribution in [0.5, 0.6) is 0 Å². The number of esters is 2. The number of aryl methyl sites for hydroxylation is 1. The van der Waals surface area contributed by atoms with Crippen LogP contribution in [0.1, 0.15) is 44.2 Å². The number of anilines is 1. The lowest BCUT2D eigenvalue weighted by molar-refractivity contribution is -0.153. The third kappa shape index (κ3) is 8.29. The van der Waals surface area contributed by atoms with E-state index in [4.69, 9.17) is 24.7 Å². The number of nitrogens with one attached hydrogen (secondary N) is 2. The number of hydrogen-bond donors (Lipinski definition) is 3. The van der Waals surface area contributed by atoms with Gasteiger partial charge in [-0.05, 0) is 19.4 Å². The number of carbonyl (C=O) groups excluding carboxylic acids is 3. The van der Waals surface area contributed by atoms with Crippen molar-refractivity contribution < 1.29 is 37.7 Å². The second kappa shape index (κ2) is 14.0. The number of nitrogen functional groups attached to an aromatic ring is 1. The second-order valence-electron chi connectivity index (χ2n) is 9.86. The number of halogens is 1. The van der Waals surface area contributed by atoms with Crippen LogP contribution in [-0.2, 0) is 33.3 Å². The molecule has 0 radical (unpaired) electrons. The third-order valence-corrected chi connectivity index (χ3v) is 7.68. The zero-order valence-corrected chi connectivity index (χ0v) is 24.0. The van der Waals surface area contributed by atoms with Crippen LogP contribution in [0.2, 0.25) is 0 Å². The van der Waals surface area contributed by atoms with Crippen molar-refractivity contribution in [3.8, 4) is 0 Å². The molecule has 0 aliphatic carbocycles. The minimum absolute atomic E-state index is 0.0769. The van der Waals surface area contributed by atoms with Crippen molar-refractivity contribution >= 4 is 35.4 Å². The molecule has 0 aromatic carbocycles. The summed E-state index contributed by atoms with van der Waals surface area (Å²) in [5, 5.41) is 2.42. The number of thioether (sulfide) groups is 1. The Morgan fingerprint density at radius 2 is 1.98 bits per heavy atom. The van der Waals surface area contributed by atoms with Gasteiger partial charge in [-0.15, -0.1) is 11.8 Å². The average molecular weight is 627 g/mol. The Morgan fingerprint density at radius 3 is 2.70 bits per heavy atom. The molecule has 4 rings (SSSR count). The van der Waals surface area contributed by atoms with Crippen molar-refractivity contribution in [3.05, 3.63) is 55.3 Å². The Morgan fingerprint density at radius 1 is 1.21 bits per heavy atom. The van der Waals surface area contributed by atoms with E-state index in [9.17, 15) is 33.2 Å². The molecular weight excluding hydrogens is 595 g/mol. The van der Waals surface area contributed by atoms with Crippen LogP contribution in [0, 0.1) is 6.92 Å². The molecule has 4 N–H and O–H groups in total.